The Bertz CT molecular complexity index is 1490. The van der Waals surface area contributed by atoms with Gasteiger partial charge in [-0.15, -0.1) is 0 Å². The highest BCUT2D eigenvalue weighted by Crippen LogP contribution is 2.50. The quantitative estimate of drug-likeness (QED) is 0.453. The standard InChI is InChI=1S/C24H22F3N5O4/c1-35-17-5-3-13(25)7-15(17)23(34)30-16-10-36-18-6-11(2-4-14(16)18)20-19(22(29)33)21(28)32(31-20)9-12-8-24(12,26)27/h2-7,12,16H,8-10,28H2,1H3,(H2,29,33)(H,30,34)/t12?,16-/m1/s1/i1D3. The van der Waals surface area contributed by atoms with Crippen LogP contribution in [0.25, 0.3) is 11.3 Å². The fourth-order valence-corrected chi connectivity index (χ4v) is 4.22. The zero-order chi connectivity index (χ0) is 28.3. The van der Waals surface area contributed by atoms with E-state index in [0.29, 0.717) is 16.9 Å². The van der Waals surface area contributed by atoms with Gasteiger partial charge in [0, 0.05) is 23.5 Å². The molecule has 36 heavy (non-hydrogen) atoms. The average Bonchev–Trinajstić information content (AvgIpc) is 3.13. The van der Waals surface area contributed by atoms with Gasteiger partial charge in [-0.3, -0.25) is 9.59 Å². The number of alkyl halides is 2. The molecule has 2 heterocycles. The summed E-state index contributed by atoms with van der Waals surface area (Å²) in [6.45, 7) is -0.187. The second-order valence-corrected chi connectivity index (χ2v) is 8.65. The number of nitrogens with one attached hydrogen (secondary N) is 1. The summed E-state index contributed by atoms with van der Waals surface area (Å²) in [5.41, 5.74) is 12.1. The number of rotatable bonds is 7. The number of nitrogens with two attached hydrogens (primary N) is 2. The van der Waals surface area contributed by atoms with Crippen molar-refractivity contribution in [1.82, 2.24) is 15.1 Å². The molecule has 5 N–H and O–H groups in total. The fourth-order valence-electron chi connectivity index (χ4n) is 4.22. The number of methoxy groups -OCH3 is 1. The Morgan fingerprint density at radius 3 is 2.81 bits per heavy atom. The molecule has 1 fully saturated rings. The molecule has 1 unspecified atom stereocenters. The largest absolute Gasteiger partial charge is 0.496 e. The summed E-state index contributed by atoms with van der Waals surface area (Å²) in [6.07, 6.45) is -0.299. The number of nitrogen functional groups attached to an aromatic ring is 1. The van der Waals surface area contributed by atoms with E-state index in [-0.39, 0.29) is 48.0 Å². The van der Waals surface area contributed by atoms with E-state index in [9.17, 15) is 22.8 Å². The first-order chi connectivity index (χ1) is 18.2. The molecule has 188 valence electrons. The van der Waals surface area contributed by atoms with E-state index >= 15 is 0 Å². The SMILES string of the molecule is [2H]C([2H])([2H])Oc1ccc(F)cc1C(=O)N[C@@H]1COc2cc(-c3nn(CC4CC4(F)F)c(N)c3C(N)=O)ccc21. The summed E-state index contributed by atoms with van der Waals surface area (Å²) in [5.74, 6) is -6.31. The second kappa shape index (κ2) is 8.47. The lowest BCUT2D eigenvalue weighted by molar-refractivity contribution is 0.0923. The number of carbonyl (C=O) groups is 2. The van der Waals surface area contributed by atoms with E-state index in [0.717, 1.165) is 22.9 Å². The Morgan fingerprint density at radius 1 is 1.33 bits per heavy atom. The Balaban J connectivity index is 1.39. The predicted octanol–water partition coefficient (Wildman–Crippen LogP) is 2.90. The van der Waals surface area contributed by atoms with E-state index < -0.39 is 42.6 Å². The van der Waals surface area contributed by atoms with E-state index in [4.69, 9.17) is 25.1 Å². The molecule has 9 nitrogen and oxygen atoms in total. The first-order valence-electron chi connectivity index (χ1n) is 12.3. The molecule has 1 aromatic heterocycles. The van der Waals surface area contributed by atoms with E-state index in [1.165, 1.54) is 6.07 Å². The molecule has 0 radical (unpaired) electrons. The van der Waals surface area contributed by atoms with E-state index in [1.807, 2.05) is 0 Å². The van der Waals surface area contributed by atoms with Gasteiger partial charge in [0.2, 0.25) is 0 Å². The van der Waals surface area contributed by atoms with Gasteiger partial charge in [0.1, 0.15) is 41.0 Å². The molecule has 12 heteroatoms. The highest BCUT2D eigenvalue weighted by molar-refractivity contribution is 6.03. The number of amides is 2. The van der Waals surface area contributed by atoms with Crippen LogP contribution < -0.4 is 26.3 Å². The minimum atomic E-state index is -2.86. The minimum Gasteiger partial charge on any atom is -0.496 e. The maximum Gasteiger partial charge on any atom is 0.255 e. The van der Waals surface area contributed by atoms with Crippen LogP contribution in [0.3, 0.4) is 0 Å². The number of benzene rings is 2. The van der Waals surface area contributed by atoms with Crippen molar-refractivity contribution in [3.8, 4) is 22.8 Å². The number of anilines is 1. The molecule has 0 saturated heterocycles. The van der Waals surface area contributed by atoms with Crippen molar-refractivity contribution >= 4 is 17.6 Å². The summed E-state index contributed by atoms with van der Waals surface area (Å²) >= 11 is 0. The van der Waals surface area contributed by atoms with Gasteiger partial charge < -0.3 is 26.3 Å². The third-order valence-corrected chi connectivity index (χ3v) is 6.26. The predicted molar refractivity (Wildman–Crippen MR) is 122 cm³/mol. The third kappa shape index (κ3) is 4.08. The summed E-state index contributed by atoms with van der Waals surface area (Å²) in [7, 11) is -2.86. The van der Waals surface area contributed by atoms with E-state index in [1.54, 1.807) is 12.1 Å². The van der Waals surface area contributed by atoms with Crippen molar-refractivity contribution in [2.75, 3.05) is 19.4 Å². The van der Waals surface area contributed by atoms with Crippen LogP contribution in [0.1, 0.15) is 42.9 Å². The van der Waals surface area contributed by atoms with Crippen molar-refractivity contribution in [3.63, 3.8) is 0 Å². The van der Waals surface area contributed by atoms with Crippen LogP contribution >= 0.6 is 0 Å². The molecule has 1 aliphatic heterocycles. The average molecular weight is 504 g/mol. The van der Waals surface area contributed by atoms with Gasteiger partial charge in [0.15, 0.2) is 0 Å². The number of fused-ring (bicyclic) bond motifs is 1. The number of nitrogens with zero attached hydrogens (tertiary/aromatic N) is 2. The molecule has 0 spiro atoms. The van der Waals surface area contributed by atoms with Crippen LogP contribution in [0, 0.1) is 11.7 Å². The number of hydrogen-bond acceptors (Lipinski definition) is 6. The molecule has 2 aliphatic rings. The Hall–Kier alpha value is -4.22. The Kier molecular flexibility index (Phi) is 4.71. The monoisotopic (exact) mass is 504 g/mol. The summed E-state index contributed by atoms with van der Waals surface area (Å²) in [4.78, 5) is 25.1. The summed E-state index contributed by atoms with van der Waals surface area (Å²) in [6, 6.07) is 6.90. The molecule has 0 bridgehead atoms. The van der Waals surface area contributed by atoms with Gasteiger partial charge in [-0.25, -0.2) is 17.9 Å². The van der Waals surface area contributed by atoms with Gasteiger partial charge in [0.25, 0.3) is 17.7 Å². The highest BCUT2D eigenvalue weighted by atomic mass is 19.3. The van der Waals surface area contributed by atoms with Crippen molar-refractivity contribution in [2.45, 2.75) is 24.9 Å². The summed E-state index contributed by atoms with van der Waals surface area (Å²) < 4.78 is 74.2. The first kappa shape index (κ1) is 20.0. The molecular weight excluding hydrogens is 479 g/mol. The number of primary amides is 1. The Morgan fingerprint density at radius 2 is 2.11 bits per heavy atom. The molecule has 2 atom stereocenters. The number of aromatic nitrogens is 2. The maximum atomic E-state index is 13.8. The molecular formula is C24H22F3N5O4. The zero-order valence-corrected chi connectivity index (χ0v) is 18.6. The van der Waals surface area contributed by atoms with Gasteiger partial charge in [-0.2, -0.15) is 5.10 Å². The molecule has 1 aliphatic carbocycles. The third-order valence-electron chi connectivity index (χ3n) is 6.26. The van der Waals surface area contributed by atoms with Gasteiger partial charge in [-0.05, 0) is 24.3 Å². The van der Waals surface area contributed by atoms with E-state index in [2.05, 4.69) is 10.4 Å². The molecule has 3 aromatic rings. The first-order valence-corrected chi connectivity index (χ1v) is 10.8. The lowest BCUT2D eigenvalue weighted by atomic mass is 10.0. The van der Waals surface area contributed by atoms with Crippen LogP contribution in [0.4, 0.5) is 19.0 Å². The molecule has 2 amide bonds. The van der Waals surface area contributed by atoms with Gasteiger partial charge in [0.05, 0.1) is 29.3 Å². The zero-order valence-electron chi connectivity index (χ0n) is 21.6. The van der Waals surface area contributed by atoms with Crippen molar-refractivity contribution in [1.29, 1.82) is 0 Å². The van der Waals surface area contributed by atoms with Crippen molar-refractivity contribution in [2.24, 2.45) is 11.7 Å². The van der Waals surface area contributed by atoms with Gasteiger partial charge >= 0.3 is 0 Å². The fraction of sp³-hybridized carbons (Fsp3) is 0.292. The molecule has 2 aromatic carbocycles. The van der Waals surface area contributed by atoms with Crippen molar-refractivity contribution < 1.29 is 36.3 Å². The Labute approximate surface area is 207 Å². The van der Waals surface area contributed by atoms with Gasteiger partial charge in [-0.1, -0.05) is 12.1 Å². The highest BCUT2D eigenvalue weighted by Gasteiger charge is 2.57. The second-order valence-electron chi connectivity index (χ2n) is 8.65. The normalized spacial score (nSPS) is 20.9. The van der Waals surface area contributed by atoms with Crippen LogP contribution in [0.15, 0.2) is 36.4 Å². The smallest absolute Gasteiger partial charge is 0.255 e. The number of carbonyl (C=O) groups excluding carboxylic acids is 2. The lowest BCUT2D eigenvalue weighted by Crippen LogP contribution is -2.29. The number of ether oxygens (including phenoxy) is 2. The molecule has 5 rings (SSSR count). The van der Waals surface area contributed by atoms with Crippen molar-refractivity contribution in [3.05, 3.63) is 58.9 Å². The van der Waals surface area contributed by atoms with Crippen LogP contribution in [0.5, 0.6) is 11.5 Å². The number of hydrogen-bond donors (Lipinski definition) is 3. The maximum absolute atomic E-state index is 13.8. The lowest BCUT2D eigenvalue weighted by Gasteiger charge is -2.14. The van der Waals surface area contributed by atoms with Crippen LogP contribution in [0.2, 0.25) is 0 Å². The van der Waals surface area contributed by atoms with Crippen LogP contribution in [-0.4, -0.2) is 41.2 Å². The minimum absolute atomic E-state index is 0.00861. The topological polar surface area (TPSA) is 134 Å². The summed E-state index contributed by atoms with van der Waals surface area (Å²) in [5, 5.41) is 6.93. The van der Waals surface area contributed by atoms with Crippen LogP contribution in [-0.2, 0) is 6.54 Å². The number of halogens is 3. The molecule has 1 saturated carbocycles.